The van der Waals surface area contributed by atoms with Gasteiger partial charge in [0.25, 0.3) is 0 Å². The van der Waals surface area contributed by atoms with Crippen LogP contribution in [0, 0.1) is 29.4 Å². The van der Waals surface area contributed by atoms with E-state index in [1.807, 2.05) is 0 Å². The Morgan fingerprint density at radius 1 is 1.04 bits per heavy atom. The van der Waals surface area contributed by atoms with E-state index in [1.165, 1.54) is 19.4 Å². The summed E-state index contributed by atoms with van der Waals surface area (Å²) in [6.07, 6.45) is 2.36. The van der Waals surface area contributed by atoms with Crippen molar-refractivity contribution in [1.29, 1.82) is 0 Å². The molecule has 2 saturated heterocycles. The number of nitrogens with one attached hydrogen (secondary N) is 1. The Morgan fingerprint density at radius 3 is 2.54 bits per heavy atom. The molecule has 1 aliphatic carbocycles. The molecule has 2 aromatic rings. The van der Waals surface area contributed by atoms with Crippen LogP contribution in [0.3, 0.4) is 0 Å². The number of anilines is 1. The van der Waals surface area contributed by atoms with Gasteiger partial charge in [-0.2, -0.15) is 0 Å². The fourth-order valence-electron chi connectivity index (χ4n) is 4.69. The number of piperidine rings is 1. The molecule has 1 N–H and O–H groups in total. The topological polar surface area (TPSA) is 50.3 Å². The smallest absolute Gasteiger partial charge is 0.148 e. The molecule has 2 atom stereocenters. The van der Waals surface area contributed by atoms with Crippen molar-refractivity contribution in [3.05, 3.63) is 42.0 Å². The molecule has 0 spiro atoms. The van der Waals surface area contributed by atoms with Gasteiger partial charge in [0.15, 0.2) is 0 Å². The second kappa shape index (κ2) is 7.37. The van der Waals surface area contributed by atoms with E-state index in [4.69, 9.17) is 4.74 Å². The lowest BCUT2D eigenvalue weighted by atomic mass is 10.00. The van der Waals surface area contributed by atoms with E-state index in [9.17, 15) is 8.78 Å². The SMILES string of the molecule is Fc1ccc(F)c(-c2ccc(NC3C4CN(CC5CCOCC5)CC43)nn2)c1. The van der Waals surface area contributed by atoms with Crippen molar-refractivity contribution in [1.82, 2.24) is 15.1 Å². The molecule has 2 unspecified atom stereocenters. The zero-order valence-corrected chi connectivity index (χ0v) is 15.7. The van der Waals surface area contributed by atoms with Crippen molar-refractivity contribution in [2.75, 3.05) is 38.2 Å². The normalized spacial score (nSPS) is 27.6. The van der Waals surface area contributed by atoms with Crippen molar-refractivity contribution < 1.29 is 13.5 Å². The van der Waals surface area contributed by atoms with E-state index in [-0.39, 0.29) is 5.56 Å². The first kappa shape index (κ1) is 17.9. The third kappa shape index (κ3) is 3.61. The average Bonchev–Trinajstić information content (AvgIpc) is 3.15. The Balaban J connectivity index is 1.15. The van der Waals surface area contributed by atoms with Crippen LogP contribution in [0.15, 0.2) is 30.3 Å². The van der Waals surface area contributed by atoms with Crippen LogP contribution >= 0.6 is 0 Å². The third-order valence-corrected chi connectivity index (χ3v) is 6.31. The van der Waals surface area contributed by atoms with Crippen LogP contribution in [0.5, 0.6) is 0 Å². The molecular weight excluding hydrogens is 362 g/mol. The van der Waals surface area contributed by atoms with Crippen molar-refractivity contribution in [3.8, 4) is 11.3 Å². The number of hydrogen-bond donors (Lipinski definition) is 1. The summed E-state index contributed by atoms with van der Waals surface area (Å²) in [6.45, 7) is 5.28. The number of likely N-dealkylation sites (tertiary alicyclic amines) is 1. The highest BCUT2D eigenvalue weighted by molar-refractivity contribution is 5.60. The van der Waals surface area contributed by atoms with E-state index in [0.717, 1.165) is 50.4 Å². The van der Waals surface area contributed by atoms with Crippen molar-refractivity contribution in [2.24, 2.45) is 17.8 Å². The van der Waals surface area contributed by atoms with Crippen LogP contribution in [-0.2, 0) is 4.74 Å². The molecule has 7 heteroatoms. The molecule has 2 aliphatic heterocycles. The molecule has 3 aliphatic rings. The number of rotatable bonds is 5. The second-order valence-corrected chi connectivity index (χ2v) is 8.20. The molecule has 28 heavy (non-hydrogen) atoms. The Bertz CT molecular complexity index is 829. The molecule has 1 aromatic carbocycles. The maximum absolute atomic E-state index is 13.9. The summed E-state index contributed by atoms with van der Waals surface area (Å²) in [6, 6.07) is 7.26. The molecular formula is C21H24F2N4O. The Morgan fingerprint density at radius 2 is 1.82 bits per heavy atom. The number of ether oxygens (including phenoxy) is 1. The predicted octanol–water partition coefficient (Wildman–Crippen LogP) is 3.19. The quantitative estimate of drug-likeness (QED) is 0.855. The van der Waals surface area contributed by atoms with Gasteiger partial charge in [0, 0.05) is 44.5 Å². The maximum atomic E-state index is 13.9. The van der Waals surface area contributed by atoms with Crippen LogP contribution in [-0.4, -0.2) is 54.0 Å². The summed E-state index contributed by atoms with van der Waals surface area (Å²) >= 11 is 0. The number of hydrogen-bond acceptors (Lipinski definition) is 5. The molecule has 1 saturated carbocycles. The summed E-state index contributed by atoms with van der Waals surface area (Å²) in [5, 5.41) is 11.7. The molecule has 3 fully saturated rings. The Labute approximate surface area is 163 Å². The number of fused-ring (bicyclic) bond motifs is 1. The number of halogens is 2. The van der Waals surface area contributed by atoms with Crippen LogP contribution in [0.2, 0.25) is 0 Å². The molecule has 0 radical (unpaired) electrons. The largest absolute Gasteiger partial charge is 0.381 e. The van der Waals surface area contributed by atoms with Crippen molar-refractivity contribution in [2.45, 2.75) is 18.9 Å². The fourth-order valence-corrected chi connectivity index (χ4v) is 4.69. The molecule has 1 aromatic heterocycles. The van der Waals surface area contributed by atoms with E-state index in [1.54, 1.807) is 12.1 Å². The fraction of sp³-hybridized carbons (Fsp3) is 0.524. The minimum absolute atomic E-state index is 0.131. The lowest BCUT2D eigenvalue weighted by Crippen LogP contribution is -2.34. The van der Waals surface area contributed by atoms with Gasteiger partial charge in [-0.05, 0) is 60.9 Å². The standard InChI is InChI=1S/C21H24F2N4O/c22-14-1-2-18(23)15(9-14)19-3-4-20(26-25-19)24-21-16-11-27(12-17(16)21)10-13-5-7-28-8-6-13/h1-4,9,13,16-17,21H,5-8,10-12H2,(H,24,26). The molecule has 0 bridgehead atoms. The summed E-state index contributed by atoms with van der Waals surface area (Å²) in [5.74, 6) is 1.81. The first-order chi connectivity index (χ1) is 13.7. The summed E-state index contributed by atoms with van der Waals surface area (Å²) < 4.78 is 32.7. The van der Waals surface area contributed by atoms with Gasteiger partial charge in [0.2, 0.25) is 0 Å². The van der Waals surface area contributed by atoms with Crippen molar-refractivity contribution >= 4 is 5.82 Å². The van der Waals surface area contributed by atoms with Gasteiger partial charge in [-0.25, -0.2) is 8.78 Å². The molecule has 5 nitrogen and oxygen atoms in total. The summed E-state index contributed by atoms with van der Waals surface area (Å²) in [7, 11) is 0. The van der Waals surface area contributed by atoms with Gasteiger partial charge >= 0.3 is 0 Å². The number of aromatic nitrogens is 2. The van der Waals surface area contributed by atoms with Gasteiger partial charge < -0.3 is 15.0 Å². The second-order valence-electron chi connectivity index (χ2n) is 8.20. The minimum Gasteiger partial charge on any atom is -0.381 e. The average molecular weight is 386 g/mol. The molecule has 3 heterocycles. The number of benzene rings is 1. The molecule has 148 valence electrons. The van der Waals surface area contributed by atoms with Gasteiger partial charge in [0.05, 0.1) is 5.69 Å². The molecule has 0 amide bonds. The van der Waals surface area contributed by atoms with Gasteiger partial charge in [-0.3, -0.25) is 0 Å². The van der Waals surface area contributed by atoms with Crippen molar-refractivity contribution in [3.63, 3.8) is 0 Å². The van der Waals surface area contributed by atoms with E-state index in [0.29, 0.717) is 29.4 Å². The zero-order chi connectivity index (χ0) is 19.1. The number of nitrogens with zero attached hydrogens (tertiary/aromatic N) is 3. The molecule has 5 rings (SSSR count). The first-order valence-corrected chi connectivity index (χ1v) is 10.0. The maximum Gasteiger partial charge on any atom is 0.148 e. The third-order valence-electron chi connectivity index (χ3n) is 6.31. The Hall–Kier alpha value is -2.12. The first-order valence-electron chi connectivity index (χ1n) is 10.0. The lowest BCUT2D eigenvalue weighted by Gasteiger charge is -2.28. The van der Waals surface area contributed by atoms with Gasteiger partial charge in [-0.15, -0.1) is 10.2 Å². The van der Waals surface area contributed by atoms with Gasteiger partial charge in [0.1, 0.15) is 17.5 Å². The van der Waals surface area contributed by atoms with Crippen LogP contribution in [0.1, 0.15) is 12.8 Å². The zero-order valence-electron chi connectivity index (χ0n) is 15.7. The summed E-state index contributed by atoms with van der Waals surface area (Å²) in [4.78, 5) is 2.59. The lowest BCUT2D eigenvalue weighted by molar-refractivity contribution is 0.0540. The monoisotopic (exact) mass is 386 g/mol. The van der Waals surface area contributed by atoms with Crippen LogP contribution in [0.25, 0.3) is 11.3 Å². The van der Waals surface area contributed by atoms with E-state index in [2.05, 4.69) is 20.4 Å². The van der Waals surface area contributed by atoms with E-state index >= 15 is 0 Å². The summed E-state index contributed by atoms with van der Waals surface area (Å²) in [5.41, 5.74) is 0.465. The minimum atomic E-state index is -0.502. The highest BCUT2D eigenvalue weighted by Crippen LogP contribution is 2.47. The van der Waals surface area contributed by atoms with Crippen LogP contribution < -0.4 is 5.32 Å². The highest BCUT2D eigenvalue weighted by atomic mass is 19.1. The Kier molecular flexibility index (Phi) is 4.72. The predicted molar refractivity (Wildman–Crippen MR) is 102 cm³/mol. The van der Waals surface area contributed by atoms with Gasteiger partial charge in [-0.1, -0.05) is 0 Å². The highest BCUT2D eigenvalue weighted by Gasteiger charge is 2.55. The van der Waals surface area contributed by atoms with E-state index < -0.39 is 11.6 Å². The van der Waals surface area contributed by atoms with Crippen LogP contribution in [0.4, 0.5) is 14.6 Å².